The molecule has 7 heteroatoms. The maximum atomic E-state index is 12.4. The van der Waals surface area contributed by atoms with Crippen molar-refractivity contribution in [2.75, 3.05) is 5.32 Å². The molecule has 0 radical (unpaired) electrons. The number of primary sulfonamides is 1. The number of hydrogen-bond acceptors (Lipinski definition) is 4. The van der Waals surface area contributed by atoms with Gasteiger partial charge in [0.1, 0.15) is 0 Å². The van der Waals surface area contributed by atoms with E-state index >= 15 is 0 Å². The molecule has 1 aliphatic heterocycles. The van der Waals surface area contributed by atoms with Crippen LogP contribution in [-0.2, 0) is 14.8 Å². The minimum atomic E-state index is -3.85. The monoisotopic (exact) mass is 351 g/mol. The topological polar surface area (TPSA) is 102 Å². The van der Waals surface area contributed by atoms with E-state index in [2.05, 4.69) is 10.3 Å². The van der Waals surface area contributed by atoms with Gasteiger partial charge >= 0.3 is 0 Å². The second-order valence-corrected chi connectivity index (χ2v) is 7.27. The molecule has 0 saturated carbocycles. The summed E-state index contributed by atoms with van der Waals surface area (Å²) in [4.78, 5) is 16.4. The fraction of sp³-hybridized carbons (Fsp3) is 0. The molecule has 124 valence electrons. The fourth-order valence-corrected chi connectivity index (χ4v) is 3.46. The van der Waals surface area contributed by atoms with Crippen molar-refractivity contribution in [3.05, 3.63) is 66.0 Å². The quantitative estimate of drug-likeness (QED) is 0.692. The number of rotatable bonds is 2. The number of nitrogens with two attached hydrogens (primary N) is 1. The van der Waals surface area contributed by atoms with Crippen LogP contribution in [0.5, 0.6) is 0 Å². The molecule has 0 fully saturated rings. The third kappa shape index (κ3) is 2.69. The van der Waals surface area contributed by atoms with Crippen molar-refractivity contribution in [1.82, 2.24) is 4.98 Å². The molecule has 1 aliphatic rings. The molecule has 25 heavy (non-hydrogen) atoms. The molecule has 3 aromatic rings. The van der Waals surface area contributed by atoms with Gasteiger partial charge in [-0.3, -0.25) is 9.78 Å². The number of pyridine rings is 1. The van der Waals surface area contributed by atoms with Crippen LogP contribution in [0.15, 0.2) is 59.8 Å². The summed E-state index contributed by atoms with van der Waals surface area (Å²) in [5.41, 5.74) is 2.32. The lowest BCUT2D eigenvalue weighted by molar-refractivity contribution is -0.110. The Morgan fingerprint density at radius 2 is 1.96 bits per heavy atom. The number of carbonyl (C=O) groups excluding carboxylic acids is 1. The Morgan fingerprint density at radius 3 is 2.76 bits per heavy atom. The summed E-state index contributed by atoms with van der Waals surface area (Å²) in [5, 5.41) is 9.84. The summed E-state index contributed by atoms with van der Waals surface area (Å²) >= 11 is 0. The van der Waals surface area contributed by atoms with Gasteiger partial charge in [-0.25, -0.2) is 13.6 Å². The Morgan fingerprint density at radius 1 is 1.12 bits per heavy atom. The number of nitrogens with one attached hydrogen (secondary N) is 1. The molecule has 0 aliphatic carbocycles. The minimum absolute atomic E-state index is 0.0317. The molecule has 0 bridgehead atoms. The SMILES string of the molecule is NS(=O)(=O)c1ccc2c(c1)/C(=C/c1cccc3cnccc13)C(=O)N2. The van der Waals surface area contributed by atoms with Gasteiger partial charge in [0.2, 0.25) is 10.0 Å². The van der Waals surface area contributed by atoms with E-state index in [1.807, 2.05) is 24.3 Å². The lowest BCUT2D eigenvalue weighted by Gasteiger charge is -2.04. The Bertz CT molecular complexity index is 1160. The highest BCUT2D eigenvalue weighted by molar-refractivity contribution is 7.89. The molecule has 2 heterocycles. The smallest absolute Gasteiger partial charge is 0.256 e. The average molecular weight is 351 g/mol. The van der Waals surface area contributed by atoms with Crippen molar-refractivity contribution in [3.63, 3.8) is 0 Å². The Kier molecular flexibility index (Phi) is 3.41. The number of aromatic nitrogens is 1. The molecule has 1 aromatic heterocycles. The number of anilines is 1. The highest BCUT2D eigenvalue weighted by Crippen LogP contribution is 2.35. The Labute approximate surface area is 144 Å². The van der Waals surface area contributed by atoms with Crippen molar-refractivity contribution in [2.24, 2.45) is 5.14 Å². The second kappa shape index (κ2) is 5.51. The zero-order chi connectivity index (χ0) is 17.6. The fourth-order valence-electron chi connectivity index (χ4n) is 2.92. The predicted molar refractivity (Wildman–Crippen MR) is 96.1 cm³/mol. The largest absolute Gasteiger partial charge is 0.321 e. The highest BCUT2D eigenvalue weighted by Gasteiger charge is 2.26. The van der Waals surface area contributed by atoms with E-state index in [0.717, 1.165) is 16.3 Å². The molecule has 2 aromatic carbocycles. The Hall–Kier alpha value is -3.03. The van der Waals surface area contributed by atoms with E-state index in [1.165, 1.54) is 12.1 Å². The number of hydrogen-bond donors (Lipinski definition) is 2. The van der Waals surface area contributed by atoms with Crippen LogP contribution in [0.2, 0.25) is 0 Å². The van der Waals surface area contributed by atoms with E-state index in [0.29, 0.717) is 16.8 Å². The Balaban J connectivity index is 1.92. The number of fused-ring (bicyclic) bond motifs is 2. The molecular weight excluding hydrogens is 338 g/mol. The summed E-state index contributed by atoms with van der Waals surface area (Å²) in [6.45, 7) is 0. The molecule has 3 N–H and O–H groups in total. The molecule has 0 saturated heterocycles. The zero-order valence-corrected chi connectivity index (χ0v) is 13.7. The first kappa shape index (κ1) is 15.5. The van der Waals surface area contributed by atoms with E-state index < -0.39 is 10.0 Å². The van der Waals surface area contributed by atoms with Crippen molar-refractivity contribution in [1.29, 1.82) is 0 Å². The summed E-state index contributed by atoms with van der Waals surface area (Å²) in [7, 11) is -3.85. The third-order valence-corrected chi connectivity index (χ3v) is 5.03. The summed E-state index contributed by atoms with van der Waals surface area (Å²) in [5.74, 6) is -0.285. The van der Waals surface area contributed by atoms with Gasteiger partial charge in [-0.2, -0.15) is 0 Å². The molecule has 1 amide bonds. The van der Waals surface area contributed by atoms with Gasteiger partial charge < -0.3 is 5.32 Å². The van der Waals surface area contributed by atoms with E-state index in [1.54, 1.807) is 24.5 Å². The van der Waals surface area contributed by atoms with Gasteiger partial charge in [0.05, 0.1) is 4.90 Å². The van der Waals surface area contributed by atoms with E-state index in [9.17, 15) is 13.2 Å². The van der Waals surface area contributed by atoms with Gasteiger partial charge in [0.15, 0.2) is 0 Å². The summed E-state index contributed by atoms with van der Waals surface area (Å²) < 4.78 is 23.2. The van der Waals surface area contributed by atoms with Crippen LogP contribution < -0.4 is 10.5 Å². The normalized spacial score (nSPS) is 15.4. The van der Waals surface area contributed by atoms with Crippen molar-refractivity contribution in [3.8, 4) is 0 Å². The lowest BCUT2D eigenvalue weighted by atomic mass is 10.0. The number of benzene rings is 2. The van der Waals surface area contributed by atoms with Gasteiger partial charge in [-0.1, -0.05) is 18.2 Å². The number of carbonyl (C=O) groups is 1. The maximum Gasteiger partial charge on any atom is 0.256 e. The van der Waals surface area contributed by atoms with Crippen LogP contribution in [0.25, 0.3) is 22.4 Å². The van der Waals surface area contributed by atoms with Gasteiger partial charge in [0.25, 0.3) is 5.91 Å². The van der Waals surface area contributed by atoms with E-state index in [-0.39, 0.29) is 10.8 Å². The summed E-state index contributed by atoms with van der Waals surface area (Å²) in [6, 6.07) is 11.9. The molecule has 0 spiro atoms. The second-order valence-electron chi connectivity index (χ2n) is 5.71. The number of amides is 1. The average Bonchev–Trinajstić information content (AvgIpc) is 2.89. The first-order valence-corrected chi connectivity index (χ1v) is 9.01. The minimum Gasteiger partial charge on any atom is -0.321 e. The lowest BCUT2D eigenvalue weighted by Crippen LogP contribution is -2.12. The van der Waals surface area contributed by atoms with Crippen LogP contribution in [0.1, 0.15) is 11.1 Å². The standard InChI is InChI=1S/C18H13N3O3S/c19-25(23,24)13-4-5-17-15(9-13)16(18(22)21-17)8-11-2-1-3-12-10-20-7-6-14(11)12/h1-10H,(H,21,22)(H2,19,23,24)/b16-8-. The maximum absolute atomic E-state index is 12.4. The van der Waals surface area contributed by atoms with Crippen LogP contribution in [0.3, 0.4) is 0 Å². The predicted octanol–water partition coefficient (Wildman–Crippen LogP) is 2.37. The van der Waals surface area contributed by atoms with Crippen molar-refractivity contribution < 1.29 is 13.2 Å². The first-order chi connectivity index (χ1) is 11.9. The number of nitrogens with zero attached hydrogens (tertiary/aromatic N) is 1. The van der Waals surface area contributed by atoms with Crippen LogP contribution >= 0.6 is 0 Å². The third-order valence-electron chi connectivity index (χ3n) is 4.12. The number of sulfonamides is 1. The summed E-state index contributed by atoms with van der Waals surface area (Å²) in [6.07, 6.45) is 5.18. The zero-order valence-electron chi connectivity index (χ0n) is 12.9. The molecule has 0 unspecified atom stereocenters. The van der Waals surface area contributed by atoms with Gasteiger partial charge in [-0.15, -0.1) is 0 Å². The van der Waals surface area contributed by atoms with Crippen LogP contribution in [0, 0.1) is 0 Å². The highest BCUT2D eigenvalue weighted by atomic mass is 32.2. The van der Waals surface area contributed by atoms with Crippen LogP contribution in [-0.4, -0.2) is 19.3 Å². The van der Waals surface area contributed by atoms with Gasteiger partial charge in [-0.05, 0) is 41.3 Å². The van der Waals surface area contributed by atoms with Gasteiger partial charge in [0, 0.05) is 34.6 Å². The van der Waals surface area contributed by atoms with Crippen molar-refractivity contribution >= 4 is 44.0 Å². The molecule has 6 nitrogen and oxygen atoms in total. The molecular formula is C18H13N3O3S. The first-order valence-electron chi connectivity index (χ1n) is 7.46. The van der Waals surface area contributed by atoms with E-state index in [4.69, 9.17) is 5.14 Å². The molecule has 0 atom stereocenters. The van der Waals surface area contributed by atoms with Crippen LogP contribution in [0.4, 0.5) is 5.69 Å². The molecule has 4 rings (SSSR count). The van der Waals surface area contributed by atoms with Crippen molar-refractivity contribution in [2.45, 2.75) is 4.90 Å².